The topological polar surface area (TPSA) is 105 Å². The van der Waals surface area contributed by atoms with Crippen molar-refractivity contribution in [3.8, 4) is 17.2 Å². The molecule has 0 saturated carbocycles. The number of methoxy groups -OCH3 is 3. The number of rotatable bonds is 9. The van der Waals surface area contributed by atoms with Gasteiger partial charge in [-0.15, -0.1) is 0 Å². The van der Waals surface area contributed by atoms with Gasteiger partial charge in [-0.3, -0.25) is 19.0 Å². The number of ether oxygens (including phenoxy) is 4. The summed E-state index contributed by atoms with van der Waals surface area (Å²) in [5, 5.41) is 4.29. The van der Waals surface area contributed by atoms with Gasteiger partial charge in [0.25, 0.3) is 5.91 Å². The zero-order chi connectivity index (χ0) is 20.7. The highest BCUT2D eigenvalue weighted by Gasteiger charge is 2.15. The molecule has 0 bridgehead atoms. The summed E-state index contributed by atoms with van der Waals surface area (Å²) in [4.78, 5) is 35.1. The van der Waals surface area contributed by atoms with E-state index in [4.69, 9.17) is 18.9 Å². The van der Waals surface area contributed by atoms with Gasteiger partial charge in [-0.25, -0.2) is 0 Å². The van der Waals surface area contributed by atoms with Crippen LogP contribution >= 0.6 is 11.3 Å². The lowest BCUT2D eigenvalue weighted by Gasteiger charge is -2.14. The number of carbonyl (C=O) groups is 2. The third kappa shape index (κ3) is 5.26. The van der Waals surface area contributed by atoms with E-state index >= 15 is 0 Å². The van der Waals surface area contributed by atoms with Crippen LogP contribution in [0.3, 0.4) is 0 Å². The van der Waals surface area contributed by atoms with Crippen LogP contribution in [-0.4, -0.2) is 44.4 Å². The predicted molar refractivity (Wildman–Crippen MR) is 102 cm³/mol. The van der Waals surface area contributed by atoms with Crippen molar-refractivity contribution in [2.45, 2.75) is 20.0 Å². The number of amides is 1. The van der Waals surface area contributed by atoms with Crippen LogP contribution in [-0.2, 0) is 27.4 Å². The Morgan fingerprint density at radius 1 is 1.11 bits per heavy atom. The number of esters is 1. The number of thiazole rings is 1. The predicted octanol–water partition coefficient (Wildman–Crippen LogP) is 1.10. The van der Waals surface area contributed by atoms with Crippen LogP contribution in [0.15, 0.2) is 22.3 Å². The Labute approximate surface area is 165 Å². The van der Waals surface area contributed by atoms with E-state index in [0.717, 1.165) is 16.9 Å². The Morgan fingerprint density at radius 3 is 2.25 bits per heavy atom. The Kier molecular flexibility index (Phi) is 7.44. The van der Waals surface area contributed by atoms with Crippen LogP contribution in [0.25, 0.3) is 0 Å². The molecule has 0 unspecified atom stereocenters. The number of benzene rings is 1. The van der Waals surface area contributed by atoms with Gasteiger partial charge in [-0.05, 0) is 24.6 Å². The Balaban J connectivity index is 1.88. The molecule has 0 fully saturated rings. The number of nitrogens with one attached hydrogen (secondary N) is 1. The average molecular weight is 410 g/mol. The highest BCUT2D eigenvalue weighted by Crippen LogP contribution is 2.38. The van der Waals surface area contributed by atoms with Crippen LogP contribution < -0.4 is 24.4 Å². The van der Waals surface area contributed by atoms with Gasteiger partial charge in [0.15, 0.2) is 18.1 Å². The number of aryl methyl sites for hydroxylation is 1. The van der Waals surface area contributed by atoms with E-state index in [1.165, 1.54) is 25.9 Å². The number of aromatic nitrogens is 1. The zero-order valence-corrected chi connectivity index (χ0v) is 16.9. The normalized spacial score (nSPS) is 10.3. The monoisotopic (exact) mass is 410 g/mol. The van der Waals surface area contributed by atoms with Gasteiger partial charge in [0, 0.05) is 17.6 Å². The second-order valence-corrected chi connectivity index (χ2v) is 6.52. The van der Waals surface area contributed by atoms with Gasteiger partial charge in [0.05, 0.1) is 21.3 Å². The molecule has 2 aromatic rings. The van der Waals surface area contributed by atoms with Crippen LogP contribution in [0.5, 0.6) is 17.2 Å². The van der Waals surface area contributed by atoms with E-state index in [0.29, 0.717) is 22.9 Å². The first-order valence-electron chi connectivity index (χ1n) is 8.25. The summed E-state index contributed by atoms with van der Waals surface area (Å²) in [6, 6.07) is 3.42. The zero-order valence-electron chi connectivity index (χ0n) is 16.1. The van der Waals surface area contributed by atoms with Crippen LogP contribution in [0.4, 0.5) is 0 Å². The molecule has 1 amide bonds. The van der Waals surface area contributed by atoms with Gasteiger partial charge in [-0.1, -0.05) is 11.3 Å². The molecule has 1 aromatic carbocycles. The summed E-state index contributed by atoms with van der Waals surface area (Å²) in [5.41, 5.74) is 1.38. The molecule has 9 nitrogen and oxygen atoms in total. The van der Waals surface area contributed by atoms with Gasteiger partial charge in [-0.2, -0.15) is 0 Å². The summed E-state index contributed by atoms with van der Waals surface area (Å²) in [7, 11) is 4.50. The van der Waals surface area contributed by atoms with Gasteiger partial charge >= 0.3 is 10.8 Å². The molecule has 1 heterocycles. The largest absolute Gasteiger partial charge is 0.493 e. The molecule has 0 aliphatic carbocycles. The molecule has 0 saturated heterocycles. The first kappa shape index (κ1) is 21.3. The summed E-state index contributed by atoms with van der Waals surface area (Å²) >= 11 is 1.00. The molecular formula is C18H22N2O7S. The quantitative estimate of drug-likeness (QED) is 0.617. The Morgan fingerprint density at radius 2 is 1.75 bits per heavy atom. The third-order valence-electron chi connectivity index (χ3n) is 3.84. The Bertz CT molecular complexity index is 879. The molecule has 0 aliphatic heterocycles. The Hall–Kier alpha value is -3.01. The van der Waals surface area contributed by atoms with Crippen molar-refractivity contribution in [1.82, 2.24) is 9.88 Å². The second kappa shape index (κ2) is 9.79. The van der Waals surface area contributed by atoms with Crippen molar-refractivity contribution in [3.05, 3.63) is 38.4 Å². The molecule has 0 aliphatic rings. The lowest BCUT2D eigenvalue weighted by Crippen LogP contribution is -2.30. The highest BCUT2D eigenvalue weighted by atomic mass is 32.1. The number of nitrogens with zero attached hydrogens (tertiary/aromatic N) is 1. The van der Waals surface area contributed by atoms with Gasteiger partial charge in [0.1, 0.15) is 6.54 Å². The maximum Gasteiger partial charge on any atom is 0.326 e. The molecule has 152 valence electrons. The molecular weight excluding hydrogens is 388 g/mol. The van der Waals surface area contributed by atoms with Crippen molar-refractivity contribution in [1.29, 1.82) is 0 Å². The van der Waals surface area contributed by atoms with Crippen molar-refractivity contribution in [3.63, 3.8) is 0 Å². The van der Waals surface area contributed by atoms with Crippen LogP contribution in [0, 0.1) is 6.92 Å². The van der Waals surface area contributed by atoms with Crippen molar-refractivity contribution < 1.29 is 28.5 Å². The molecule has 0 radical (unpaired) electrons. The summed E-state index contributed by atoms with van der Waals surface area (Å²) in [6.45, 7) is 1.22. The first-order chi connectivity index (χ1) is 13.4. The molecule has 0 atom stereocenters. The van der Waals surface area contributed by atoms with Crippen molar-refractivity contribution >= 4 is 23.2 Å². The third-order valence-corrected chi connectivity index (χ3v) is 4.72. The smallest absolute Gasteiger partial charge is 0.326 e. The summed E-state index contributed by atoms with van der Waals surface area (Å²) < 4.78 is 22.0. The molecule has 28 heavy (non-hydrogen) atoms. The molecule has 1 aromatic heterocycles. The van der Waals surface area contributed by atoms with E-state index in [1.807, 2.05) is 0 Å². The fraction of sp³-hybridized carbons (Fsp3) is 0.389. The standard InChI is InChI=1S/C18H22N2O7S/c1-11-10-28-18(23)20(11)8-16(22)27-9-15(21)19-7-12-5-13(24-2)17(26-4)14(6-12)25-3/h5-6,10H,7-9H2,1-4H3,(H,19,21). The fourth-order valence-electron chi connectivity index (χ4n) is 2.41. The van der Waals surface area contributed by atoms with Crippen LogP contribution in [0.2, 0.25) is 0 Å². The summed E-state index contributed by atoms with van der Waals surface area (Å²) in [6.07, 6.45) is 0. The van der Waals surface area contributed by atoms with E-state index in [1.54, 1.807) is 24.4 Å². The second-order valence-electron chi connectivity index (χ2n) is 5.70. The van der Waals surface area contributed by atoms with E-state index in [9.17, 15) is 14.4 Å². The van der Waals surface area contributed by atoms with Gasteiger partial charge < -0.3 is 24.3 Å². The van der Waals surface area contributed by atoms with Gasteiger partial charge in [0.2, 0.25) is 5.75 Å². The lowest BCUT2D eigenvalue weighted by molar-refractivity contribution is -0.149. The molecule has 1 N–H and O–H groups in total. The van der Waals surface area contributed by atoms with Crippen molar-refractivity contribution in [2.75, 3.05) is 27.9 Å². The molecule has 2 rings (SSSR count). The highest BCUT2D eigenvalue weighted by molar-refractivity contribution is 7.07. The maximum absolute atomic E-state index is 11.9. The van der Waals surface area contributed by atoms with E-state index in [2.05, 4.69) is 5.32 Å². The molecule has 10 heteroatoms. The van der Waals surface area contributed by atoms with Crippen molar-refractivity contribution in [2.24, 2.45) is 0 Å². The summed E-state index contributed by atoms with van der Waals surface area (Å²) in [5.74, 6) is 0.249. The molecule has 0 spiro atoms. The fourth-order valence-corrected chi connectivity index (χ4v) is 3.14. The first-order valence-corrected chi connectivity index (χ1v) is 9.13. The number of hydrogen-bond acceptors (Lipinski definition) is 8. The number of hydrogen-bond donors (Lipinski definition) is 1. The average Bonchev–Trinajstić information content (AvgIpc) is 3.01. The number of carbonyl (C=O) groups excluding carboxylic acids is 2. The van der Waals surface area contributed by atoms with E-state index < -0.39 is 18.5 Å². The lowest BCUT2D eigenvalue weighted by atomic mass is 10.1. The minimum absolute atomic E-state index is 0.177. The minimum Gasteiger partial charge on any atom is -0.493 e. The minimum atomic E-state index is -0.661. The van der Waals surface area contributed by atoms with Crippen LogP contribution in [0.1, 0.15) is 11.3 Å². The maximum atomic E-state index is 11.9. The SMILES string of the molecule is COc1cc(CNC(=O)COC(=O)Cn2c(C)csc2=O)cc(OC)c1OC. The van der Waals surface area contributed by atoms with E-state index in [-0.39, 0.29) is 18.0 Å².